The van der Waals surface area contributed by atoms with Crippen LogP contribution in [-0.4, -0.2) is 15.0 Å². The Morgan fingerprint density at radius 2 is 1.71 bits per heavy atom. The number of hydrogen-bond donors (Lipinski definition) is 0. The summed E-state index contributed by atoms with van der Waals surface area (Å²) in [7, 11) is 0. The first-order valence-electron chi connectivity index (χ1n) is 7.45. The predicted octanol–water partition coefficient (Wildman–Crippen LogP) is 5.96. The Kier molecular flexibility index (Phi) is 4.85. The molecule has 0 spiro atoms. The van der Waals surface area contributed by atoms with Gasteiger partial charge < -0.3 is 0 Å². The highest BCUT2D eigenvalue weighted by Crippen LogP contribution is 2.58. The molecule has 0 aliphatic carbocycles. The minimum Gasteiger partial charge on any atom is -0.247 e. The quantitative estimate of drug-likeness (QED) is 0.643. The zero-order valence-electron chi connectivity index (χ0n) is 13.2. The Balaban J connectivity index is 1.46. The van der Waals surface area contributed by atoms with Crippen LogP contribution < -0.4 is 0 Å². The lowest BCUT2D eigenvalue weighted by atomic mass is 10.2. The second-order valence-electron chi connectivity index (χ2n) is 5.38. The molecule has 0 unspecified atom stereocenters. The lowest BCUT2D eigenvalue weighted by Crippen LogP contribution is -1.99. The number of nitrogens with zero attached hydrogens (tertiary/aromatic N) is 3. The largest absolute Gasteiger partial charge is 0.247 e. The van der Waals surface area contributed by atoms with Gasteiger partial charge >= 0.3 is 0 Å². The summed E-state index contributed by atoms with van der Waals surface area (Å²) in [4.78, 5) is 4.00. The van der Waals surface area contributed by atoms with Crippen molar-refractivity contribution in [1.82, 2.24) is 15.0 Å². The topological polar surface area (TPSA) is 30.7 Å². The standard InChI is InChI=1S/C17H15N3S4/c1-11-12(2)23-17(22-11)16-21-10-15(24-16)14-9-20(19-18-14)8-13-6-4-3-5-7-13/h3-7,9-10H,8H2,1-2H3. The number of benzene rings is 1. The van der Waals surface area contributed by atoms with Crippen molar-refractivity contribution < 1.29 is 0 Å². The van der Waals surface area contributed by atoms with Crippen molar-refractivity contribution in [2.24, 2.45) is 0 Å². The van der Waals surface area contributed by atoms with Gasteiger partial charge in [-0.3, -0.25) is 0 Å². The van der Waals surface area contributed by atoms with E-state index in [2.05, 4.69) is 41.7 Å². The van der Waals surface area contributed by atoms with E-state index in [4.69, 9.17) is 0 Å². The first kappa shape index (κ1) is 16.4. The fourth-order valence-electron chi connectivity index (χ4n) is 2.24. The van der Waals surface area contributed by atoms with E-state index in [1.807, 2.05) is 52.6 Å². The minimum atomic E-state index is 0.751. The van der Waals surface area contributed by atoms with Gasteiger partial charge in [-0.15, -0.1) is 5.10 Å². The van der Waals surface area contributed by atoms with Gasteiger partial charge in [0.25, 0.3) is 0 Å². The monoisotopic (exact) mass is 389 g/mol. The molecule has 0 radical (unpaired) electrons. The third-order valence-corrected chi connectivity index (χ3v) is 9.15. The van der Waals surface area contributed by atoms with Gasteiger partial charge in [0.2, 0.25) is 0 Å². The van der Waals surface area contributed by atoms with Gasteiger partial charge in [-0.1, -0.05) is 82.6 Å². The Morgan fingerprint density at radius 1 is 0.958 bits per heavy atom. The van der Waals surface area contributed by atoms with Crippen molar-refractivity contribution >= 4 is 52.0 Å². The van der Waals surface area contributed by atoms with Crippen molar-refractivity contribution in [3.8, 4) is 0 Å². The van der Waals surface area contributed by atoms with E-state index >= 15 is 0 Å². The number of rotatable bonds is 3. The summed E-state index contributed by atoms with van der Waals surface area (Å²) in [5.41, 5.74) is 2.18. The van der Waals surface area contributed by atoms with E-state index in [-0.39, 0.29) is 0 Å². The van der Waals surface area contributed by atoms with Gasteiger partial charge in [-0.05, 0) is 34.6 Å². The van der Waals surface area contributed by atoms with Crippen LogP contribution in [0.1, 0.15) is 25.1 Å². The molecule has 0 amide bonds. The van der Waals surface area contributed by atoms with E-state index in [1.54, 1.807) is 23.5 Å². The maximum absolute atomic E-state index is 4.35. The molecule has 3 nitrogen and oxygen atoms in total. The number of thioether (sulfide) groups is 4. The minimum absolute atomic E-state index is 0.751. The molecule has 0 saturated heterocycles. The summed E-state index contributed by atoms with van der Waals surface area (Å²) in [6.07, 6.45) is 2.03. The summed E-state index contributed by atoms with van der Waals surface area (Å²) in [5.74, 6) is 0. The third kappa shape index (κ3) is 3.49. The Morgan fingerprint density at radius 3 is 2.46 bits per heavy atom. The van der Waals surface area contributed by atoms with Crippen LogP contribution in [0.4, 0.5) is 0 Å². The van der Waals surface area contributed by atoms with Crippen LogP contribution in [0, 0.1) is 0 Å². The molecule has 4 rings (SSSR count). The van der Waals surface area contributed by atoms with Crippen molar-refractivity contribution in [2.75, 3.05) is 0 Å². The van der Waals surface area contributed by atoms with Crippen LogP contribution in [0.25, 0.3) is 4.91 Å². The highest BCUT2D eigenvalue weighted by atomic mass is 32.2. The normalized spacial score (nSPS) is 17.8. The van der Waals surface area contributed by atoms with Crippen LogP contribution in [-0.2, 0) is 6.54 Å². The van der Waals surface area contributed by atoms with E-state index in [0.717, 1.165) is 12.2 Å². The maximum Gasteiger partial charge on any atom is 0.120 e. The van der Waals surface area contributed by atoms with Crippen molar-refractivity contribution in [1.29, 1.82) is 0 Å². The highest BCUT2D eigenvalue weighted by molar-refractivity contribution is 8.35. The van der Waals surface area contributed by atoms with E-state index in [1.165, 1.54) is 28.8 Å². The smallest absolute Gasteiger partial charge is 0.120 e. The second kappa shape index (κ2) is 7.07. The Bertz CT molecular complexity index is 849. The molecule has 2 aromatic rings. The van der Waals surface area contributed by atoms with Gasteiger partial charge in [-0.2, -0.15) is 0 Å². The average molecular weight is 390 g/mol. The SMILES string of the molecule is CC1=C(C)SC(=C2SC=C(c3cn(Cc4ccccc4)nn3)S2)S1. The fraction of sp³-hybridized carbons (Fsp3) is 0.176. The van der Waals surface area contributed by atoms with Crippen LogP contribution in [0.15, 0.2) is 60.2 Å². The zero-order chi connectivity index (χ0) is 16.5. The predicted molar refractivity (Wildman–Crippen MR) is 109 cm³/mol. The van der Waals surface area contributed by atoms with Gasteiger partial charge in [0.05, 0.1) is 21.2 Å². The fourth-order valence-corrected chi connectivity index (χ4v) is 7.31. The molecule has 2 aliphatic rings. The average Bonchev–Trinajstić information content (AvgIpc) is 3.29. The van der Waals surface area contributed by atoms with Gasteiger partial charge in [-0.25, -0.2) is 4.68 Å². The molecule has 1 aromatic heterocycles. The molecular formula is C17H15N3S4. The van der Waals surface area contributed by atoms with Crippen LogP contribution in [0.3, 0.4) is 0 Å². The molecule has 0 N–H and O–H groups in total. The molecule has 0 atom stereocenters. The lowest BCUT2D eigenvalue weighted by molar-refractivity contribution is 0.649. The summed E-state index contributed by atoms with van der Waals surface area (Å²) >= 11 is 7.36. The molecule has 7 heteroatoms. The molecule has 1 aromatic carbocycles. The van der Waals surface area contributed by atoms with E-state index < -0.39 is 0 Å². The van der Waals surface area contributed by atoms with Gasteiger partial charge in [0, 0.05) is 4.91 Å². The first-order valence-corrected chi connectivity index (χ1v) is 10.8. The molecular weight excluding hydrogens is 374 g/mol. The summed E-state index contributed by atoms with van der Waals surface area (Å²) in [5, 5.41) is 10.8. The van der Waals surface area contributed by atoms with Crippen molar-refractivity contribution in [2.45, 2.75) is 20.4 Å². The maximum atomic E-state index is 4.35. The molecule has 24 heavy (non-hydrogen) atoms. The molecule has 0 saturated carbocycles. The second-order valence-corrected chi connectivity index (χ2v) is 10.3. The van der Waals surface area contributed by atoms with Gasteiger partial charge in [0.1, 0.15) is 5.69 Å². The van der Waals surface area contributed by atoms with Crippen molar-refractivity contribution in [3.63, 3.8) is 0 Å². The number of hydrogen-bond acceptors (Lipinski definition) is 6. The molecule has 2 aliphatic heterocycles. The highest BCUT2D eigenvalue weighted by Gasteiger charge is 2.24. The molecule has 0 bridgehead atoms. The Labute approximate surface area is 158 Å². The first-order chi connectivity index (χ1) is 11.7. The van der Waals surface area contributed by atoms with Crippen molar-refractivity contribution in [3.05, 3.63) is 71.5 Å². The molecule has 0 fully saturated rings. The van der Waals surface area contributed by atoms with E-state index in [9.17, 15) is 0 Å². The molecule has 122 valence electrons. The number of allylic oxidation sites excluding steroid dienone is 2. The zero-order valence-corrected chi connectivity index (χ0v) is 16.5. The van der Waals surface area contributed by atoms with Crippen LogP contribution >= 0.6 is 47.0 Å². The summed E-state index contributed by atoms with van der Waals surface area (Å²) in [6.45, 7) is 5.13. The van der Waals surface area contributed by atoms with E-state index in [0.29, 0.717) is 0 Å². The van der Waals surface area contributed by atoms with Gasteiger partial charge in [0.15, 0.2) is 0 Å². The summed E-state index contributed by atoms with van der Waals surface area (Å²) in [6, 6.07) is 10.3. The lowest BCUT2D eigenvalue weighted by Gasteiger charge is -2.01. The Hall–Kier alpha value is -1.02. The number of aromatic nitrogens is 3. The van der Waals surface area contributed by atoms with Crippen LogP contribution in [0.5, 0.6) is 0 Å². The van der Waals surface area contributed by atoms with Crippen LogP contribution in [0.2, 0.25) is 0 Å². The third-order valence-electron chi connectivity index (χ3n) is 3.61. The molecule has 3 heterocycles. The summed E-state index contributed by atoms with van der Waals surface area (Å²) < 4.78 is 4.65.